The van der Waals surface area contributed by atoms with Crippen LogP contribution in [-0.4, -0.2) is 54.2 Å². The van der Waals surface area contributed by atoms with Crippen LogP contribution in [0.1, 0.15) is 43.5 Å². The summed E-state index contributed by atoms with van der Waals surface area (Å²) in [4.78, 5) is 21.0. The number of hydrogen-bond acceptors (Lipinski definition) is 4. The molecule has 0 unspecified atom stereocenters. The molecule has 3 rings (SSSR count). The third kappa shape index (κ3) is 3.78. The molecule has 1 aromatic rings. The van der Waals surface area contributed by atoms with Gasteiger partial charge in [0.15, 0.2) is 0 Å². The molecule has 2 saturated heterocycles. The number of anilines is 1. The molecule has 6 heteroatoms. The second-order valence-electron chi connectivity index (χ2n) is 6.91. The summed E-state index contributed by atoms with van der Waals surface area (Å²) in [6.45, 7) is 7.92. The number of ether oxygens (including phenoxy) is 1. The molecule has 3 heterocycles. The van der Waals surface area contributed by atoms with Gasteiger partial charge in [-0.25, -0.2) is 4.98 Å². The molecule has 1 aromatic heterocycles. The van der Waals surface area contributed by atoms with Crippen molar-refractivity contribution in [2.45, 2.75) is 38.7 Å². The van der Waals surface area contributed by atoms with Crippen molar-refractivity contribution in [3.05, 3.63) is 22.8 Å². The van der Waals surface area contributed by atoms with E-state index in [2.05, 4.69) is 23.7 Å². The molecule has 0 bridgehead atoms. The van der Waals surface area contributed by atoms with Gasteiger partial charge >= 0.3 is 0 Å². The van der Waals surface area contributed by atoms with Crippen LogP contribution in [0.25, 0.3) is 0 Å². The van der Waals surface area contributed by atoms with Crippen molar-refractivity contribution in [2.24, 2.45) is 0 Å². The summed E-state index contributed by atoms with van der Waals surface area (Å²) in [7, 11) is 0. The van der Waals surface area contributed by atoms with E-state index in [0.29, 0.717) is 17.2 Å². The Bertz CT molecular complexity index is 585. The lowest BCUT2D eigenvalue weighted by Crippen LogP contribution is -2.48. The van der Waals surface area contributed by atoms with E-state index < -0.39 is 0 Å². The third-order valence-electron chi connectivity index (χ3n) is 4.44. The number of aromatic nitrogens is 1. The SMILES string of the molecule is CC1(C)CN(c2ncc(C(=O)N3CCCCC3)cc2Cl)CCO1. The highest BCUT2D eigenvalue weighted by Gasteiger charge is 2.29. The van der Waals surface area contributed by atoms with Gasteiger partial charge in [-0.2, -0.15) is 0 Å². The number of rotatable bonds is 2. The number of hydrogen-bond donors (Lipinski definition) is 0. The zero-order chi connectivity index (χ0) is 16.4. The Labute approximate surface area is 142 Å². The van der Waals surface area contributed by atoms with E-state index in [0.717, 1.165) is 44.8 Å². The predicted octanol–water partition coefficient (Wildman–Crippen LogP) is 2.98. The Balaban J connectivity index is 1.76. The Morgan fingerprint density at radius 3 is 2.65 bits per heavy atom. The first-order chi connectivity index (χ1) is 11.0. The van der Waals surface area contributed by atoms with Gasteiger partial charge in [0, 0.05) is 32.4 Å². The molecular weight excluding hydrogens is 314 g/mol. The van der Waals surface area contributed by atoms with Crippen LogP contribution in [0.5, 0.6) is 0 Å². The molecule has 0 aliphatic carbocycles. The maximum absolute atomic E-state index is 12.5. The van der Waals surface area contributed by atoms with Crippen LogP contribution < -0.4 is 4.90 Å². The molecule has 0 radical (unpaired) electrons. The largest absolute Gasteiger partial charge is 0.372 e. The maximum Gasteiger partial charge on any atom is 0.255 e. The van der Waals surface area contributed by atoms with Gasteiger partial charge in [0.05, 0.1) is 22.8 Å². The first-order valence-corrected chi connectivity index (χ1v) is 8.68. The minimum Gasteiger partial charge on any atom is -0.372 e. The highest BCUT2D eigenvalue weighted by atomic mass is 35.5. The summed E-state index contributed by atoms with van der Waals surface area (Å²) in [6.07, 6.45) is 5.01. The number of halogens is 1. The zero-order valence-corrected chi connectivity index (χ0v) is 14.6. The summed E-state index contributed by atoms with van der Waals surface area (Å²) in [6, 6.07) is 1.75. The number of pyridine rings is 1. The van der Waals surface area contributed by atoms with Gasteiger partial charge in [0.1, 0.15) is 5.82 Å². The van der Waals surface area contributed by atoms with Gasteiger partial charge in [-0.15, -0.1) is 0 Å². The topological polar surface area (TPSA) is 45.7 Å². The monoisotopic (exact) mass is 337 g/mol. The second kappa shape index (κ2) is 6.65. The Hall–Kier alpha value is -1.33. The highest BCUT2D eigenvalue weighted by molar-refractivity contribution is 6.33. The van der Waals surface area contributed by atoms with Crippen LogP contribution in [0.2, 0.25) is 5.02 Å². The van der Waals surface area contributed by atoms with E-state index in [1.807, 2.05) is 4.90 Å². The van der Waals surface area contributed by atoms with Gasteiger partial charge in [-0.1, -0.05) is 11.6 Å². The van der Waals surface area contributed by atoms with E-state index in [1.54, 1.807) is 12.3 Å². The minimum absolute atomic E-state index is 0.0351. The van der Waals surface area contributed by atoms with E-state index in [4.69, 9.17) is 16.3 Å². The highest BCUT2D eigenvalue weighted by Crippen LogP contribution is 2.28. The van der Waals surface area contributed by atoms with Gasteiger partial charge in [0.25, 0.3) is 5.91 Å². The van der Waals surface area contributed by atoms with E-state index in [-0.39, 0.29) is 11.5 Å². The molecular formula is C17H24ClN3O2. The average molecular weight is 338 g/mol. The fourth-order valence-corrected chi connectivity index (χ4v) is 3.54. The van der Waals surface area contributed by atoms with Crippen molar-refractivity contribution in [3.8, 4) is 0 Å². The van der Waals surface area contributed by atoms with Crippen LogP contribution >= 0.6 is 11.6 Å². The Kier molecular flexibility index (Phi) is 4.78. The average Bonchev–Trinajstić information content (AvgIpc) is 2.54. The third-order valence-corrected chi connectivity index (χ3v) is 4.72. The van der Waals surface area contributed by atoms with Crippen LogP contribution in [-0.2, 0) is 4.74 Å². The van der Waals surface area contributed by atoms with Crippen molar-refractivity contribution in [3.63, 3.8) is 0 Å². The first kappa shape index (κ1) is 16.5. The van der Waals surface area contributed by atoms with Crippen LogP contribution in [0.15, 0.2) is 12.3 Å². The van der Waals surface area contributed by atoms with Crippen molar-refractivity contribution >= 4 is 23.3 Å². The van der Waals surface area contributed by atoms with Gasteiger partial charge in [-0.05, 0) is 39.2 Å². The number of likely N-dealkylation sites (tertiary alicyclic amines) is 1. The van der Waals surface area contributed by atoms with Crippen molar-refractivity contribution in [1.29, 1.82) is 0 Å². The number of piperidine rings is 1. The molecule has 126 valence electrons. The van der Waals surface area contributed by atoms with Crippen LogP contribution in [0.3, 0.4) is 0 Å². The van der Waals surface area contributed by atoms with Crippen molar-refractivity contribution < 1.29 is 9.53 Å². The maximum atomic E-state index is 12.5. The molecule has 0 aromatic carbocycles. The summed E-state index contributed by atoms with van der Waals surface area (Å²) in [5, 5.41) is 0.533. The lowest BCUT2D eigenvalue weighted by Gasteiger charge is -2.39. The fourth-order valence-electron chi connectivity index (χ4n) is 3.26. The molecule has 0 saturated carbocycles. The summed E-state index contributed by atoms with van der Waals surface area (Å²) in [5.74, 6) is 0.770. The molecule has 2 aliphatic heterocycles. The van der Waals surface area contributed by atoms with E-state index in [1.165, 1.54) is 6.42 Å². The van der Waals surface area contributed by atoms with E-state index in [9.17, 15) is 4.79 Å². The number of nitrogens with zero attached hydrogens (tertiary/aromatic N) is 3. The van der Waals surface area contributed by atoms with Gasteiger partial charge < -0.3 is 14.5 Å². The predicted molar refractivity (Wildman–Crippen MR) is 91.2 cm³/mol. The smallest absolute Gasteiger partial charge is 0.255 e. The second-order valence-corrected chi connectivity index (χ2v) is 7.32. The fraction of sp³-hybridized carbons (Fsp3) is 0.647. The quantitative estimate of drug-likeness (QED) is 0.832. The normalized spacial score (nSPS) is 21.3. The molecule has 5 nitrogen and oxygen atoms in total. The van der Waals surface area contributed by atoms with Crippen molar-refractivity contribution in [2.75, 3.05) is 37.7 Å². The summed E-state index contributed by atoms with van der Waals surface area (Å²) >= 11 is 6.42. The molecule has 23 heavy (non-hydrogen) atoms. The molecule has 1 amide bonds. The molecule has 2 aliphatic rings. The van der Waals surface area contributed by atoms with Gasteiger partial charge in [-0.3, -0.25) is 4.79 Å². The Morgan fingerprint density at radius 1 is 1.26 bits per heavy atom. The van der Waals surface area contributed by atoms with Crippen LogP contribution in [0.4, 0.5) is 5.82 Å². The van der Waals surface area contributed by atoms with Gasteiger partial charge in [0.2, 0.25) is 0 Å². The minimum atomic E-state index is -0.217. The number of carbonyl (C=O) groups excluding carboxylic acids is 1. The number of amides is 1. The molecule has 2 fully saturated rings. The molecule has 0 atom stereocenters. The van der Waals surface area contributed by atoms with E-state index >= 15 is 0 Å². The lowest BCUT2D eigenvalue weighted by molar-refractivity contribution is -0.0279. The summed E-state index contributed by atoms with van der Waals surface area (Å²) in [5.41, 5.74) is 0.360. The van der Waals surface area contributed by atoms with Crippen molar-refractivity contribution in [1.82, 2.24) is 9.88 Å². The molecule has 0 N–H and O–H groups in total. The molecule has 0 spiro atoms. The lowest BCUT2D eigenvalue weighted by atomic mass is 10.1. The Morgan fingerprint density at radius 2 is 2.00 bits per heavy atom. The number of carbonyl (C=O) groups is 1. The summed E-state index contributed by atoms with van der Waals surface area (Å²) < 4.78 is 5.72. The standard InChI is InChI=1S/C17H24ClN3O2/c1-17(2)12-21(8-9-23-17)15-14(18)10-13(11-19-15)16(22)20-6-4-3-5-7-20/h10-11H,3-9,12H2,1-2H3. The first-order valence-electron chi connectivity index (χ1n) is 8.30. The number of morpholine rings is 1. The van der Waals surface area contributed by atoms with Crippen LogP contribution in [0, 0.1) is 0 Å². The zero-order valence-electron chi connectivity index (χ0n) is 13.8.